The monoisotopic (exact) mass is 681 g/mol. The maximum Gasteiger partial charge on any atom is 0.251 e. The molecule has 0 spiro atoms. The molecule has 9 rings (SSSR count). The van der Waals surface area contributed by atoms with Crippen molar-refractivity contribution in [2.45, 2.75) is 5.54 Å². The summed E-state index contributed by atoms with van der Waals surface area (Å²) in [7, 11) is 0. The lowest BCUT2D eigenvalue weighted by molar-refractivity contribution is 0.100. The Kier molecular flexibility index (Phi) is 7.82. The summed E-state index contributed by atoms with van der Waals surface area (Å²) >= 11 is 0. The van der Waals surface area contributed by atoms with Crippen molar-refractivity contribution in [3.63, 3.8) is 0 Å². The second-order valence-corrected chi connectivity index (χ2v) is 12.9. The molecule has 1 fully saturated rings. The first-order valence-corrected chi connectivity index (χ1v) is 17.4. The Morgan fingerprint density at radius 2 is 1.33 bits per heavy atom. The molecule has 0 bridgehead atoms. The van der Waals surface area contributed by atoms with Crippen LogP contribution in [0.4, 0.5) is 5.69 Å². The molecule has 9 nitrogen and oxygen atoms in total. The van der Waals surface area contributed by atoms with Crippen molar-refractivity contribution in [3.8, 4) is 17.1 Å². The highest BCUT2D eigenvalue weighted by Crippen LogP contribution is 2.41. The number of nitrogens with two attached hydrogens (primary N) is 1. The van der Waals surface area contributed by atoms with Crippen LogP contribution in [0.15, 0.2) is 152 Å². The second-order valence-electron chi connectivity index (χ2n) is 12.9. The van der Waals surface area contributed by atoms with Crippen LogP contribution < -0.4 is 10.6 Å². The van der Waals surface area contributed by atoms with Gasteiger partial charge in [0.2, 0.25) is 0 Å². The summed E-state index contributed by atoms with van der Waals surface area (Å²) in [5.74, 6) is -0.519. The van der Waals surface area contributed by atoms with Crippen LogP contribution in [-0.4, -0.2) is 56.5 Å². The minimum atomic E-state index is -0.761. The fourth-order valence-electron chi connectivity index (χ4n) is 7.56. The number of amides is 1. The number of pyridine rings is 1. The summed E-state index contributed by atoms with van der Waals surface area (Å²) in [6, 6.07) is 47.5. The molecule has 1 aliphatic rings. The Morgan fingerprint density at radius 3 is 1.96 bits per heavy atom. The van der Waals surface area contributed by atoms with E-state index in [1.54, 1.807) is 6.33 Å². The summed E-state index contributed by atoms with van der Waals surface area (Å²) in [6.45, 7) is 2.68. The minimum Gasteiger partial charge on any atom is -0.378 e. The van der Waals surface area contributed by atoms with E-state index in [2.05, 4.69) is 101 Å². The molecule has 5 aromatic carbocycles. The molecule has 4 heterocycles. The number of imidazole rings is 1. The number of fused-ring (bicyclic) bond motifs is 2. The maximum atomic E-state index is 12.7. The first-order valence-electron chi connectivity index (χ1n) is 17.4. The number of ether oxygens (including phenoxy) is 1. The number of benzene rings is 5. The van der Waals surface area contributed by atoms with E-state index < -0.39 is 11.4 Å². The van der Waals surface area contributed by atoms with Crippen molar-refractivity contribution >= 4 is 33.5 Å². The van der Waals surface area contributed by atoms with Gasteiger partial charge >= 0.3 is 0 Å². The van der Waals surface area contributed by atoms with Crippen LogP contribution >= 0.6 is 0 Å². The minimum absolute atomic E-state index is 0.383. The fraction of sp³-hybridized carbons (Fsp3) is 0.116. The van der Waals surface area contributed by atoms with Crippen LogP contribution in [0.1, 0.15) is 27.0 Å². The number of aromatic nitrogens is 5. The van der Waals surface area contributed by atoms with Gasteiger partial charge in [-0.15, -0.1) is 0 Å². The SMILES string of the molecule is NC(=O)c1cc(N2CCOCC2)cc2c1ncn2-c1cc(-c2ccn(C(c3ccccc3)(c3ccccc3)c3ccccc3)n2)nc2ccccc12. The van der Waals surface area contributed by atoms with Gasteiger partial charge in [0.05, 0.1) is 41.2 Å². The van der Waals surface area contributed by atoms with Gasteiger partial charge in [-0.1, -0.05) is 109 Å². The average molecular weight is 682 g/mol. The van der Waals surface area contributed by atoms with E-state index in [1.807, 2.05) is 59.3 Å². The van der Waals surface area contributed by atoms with Gasteiger partial charge in [-0.2, -0.15) is 5.10 Å². The van der Waals surface area contributed by atoms with Crippen LogP contribution in [0, 0.1) is 0 Å². The zero-order chi connectivity index (χ0) is 35.1. The number of carbonyl (C=O) groups excluding carboxylic acids is 1. The third-order valence-electron chi connectivity index (χ3n) is 10.0. The Hall–Kier alpha value is -6.58. The molecule has 0 aliphatic carbocycles. The van der Waals surface area contributed by atoms with Gasteiger partial charge in [0, 0.05) is 30.4 Å². The molecular formula is C43H35N7O2. The number of nitrogens with zero attached hydrogens (tertiary/aromatic N) is 6. The quantitative estimate of drug-likeness (QED) is 0.170. The standard InChI is InChI=1S/C43H35N7O2/c44-42(51)35-26-33(48-22-24-52-25-23-48)27-40-41(35)45-29-49(40)39-28-38(46-36-19-11-10-18-34(36)39)37-20-21-50(47-37)43(30-12-4-1-5-13-30,31-14-6-2-7-15-31)32-16-8-3-9-17-32/h1-21,26-29H,22-25H2,(H2,44,51). The van der Waals surface area contributed by atoms with Crippen LogP contribution in [0.2, 0.25) is 0 Å². The van der Waals surface area contributed by atoms with Gasteiger partial charge in [0.25, 0.3) is 5.91 Å². The lowest BCUT2D eigenvalue weighted by atomic mass is 9.77. The molecule has 0 radical (unpaired) electrons. The Labute approximate surface area is 300 Å². The summed E-state index contributed by atoms with van der Waals surface area (Å²) in [5.41, 5.74) is 14.1. The number of hydrogen-bond acceptors (Lipinski definition) is 6. The number of carbonyl (C=O) groups is 1. The van der Waals surface area contributed by atoms with E-state index in [4.69, 9.17) is 25.5 Å². The summed E-state index contributed by atoms with van der Waals surface area (Å²) in [5, 5.41) is 6.28. The number of primary amides is 1. The van der Waals surface area contributed by atoms with E-state index in [1.165, 1.54) is 0 Å². The molecule has 8 aromatic rings. The van der Waals surface area contributed by atoms with E-state index in [0.29, 0.717) is 30.0 Å². The summed E-state index contributed by atoms with van der Waals surface area (Å²) in [6.07, 6.45) is 3.80. The smallest absolute Gasteiger partial charge is 0.251 e. The molecule has 9 heteroatoms. The lowest BCUT2D eigenvalue weighted by Crippen LogP contribution is -2.38. The van der Waals surface area contributed by atoms with E-state index in [0.717, 1.165) is 63.3 Å². The number of para-hydroxylation sites is 1. The van der Waals surface area contributed by atoms with Gasteiger partial charge in [-0.25, -0.2) is 9.97 Å². The van der Waals surface area contributed by atoms with Crippen molar-refractivity contribution < 1.29 is 9.53 Å². The zero-order valence-electron chi connectivity index (χ0n) is 28.3. The summed E-state index contributed by atoms with van der Waals surface area (Å²) in [4.78, 5) is 24.8. The molecule has 2 N–H and O–H groups in total. The highest BCUT2D eigenvalue weighted by Gasteiger charge is 2.39. The number of rotatable bonds is 8. The normalized spacial score (nSPS) is 13.5. The fourth-order valence-corrected chi connectivity index (χ4v) is 7.56. The Morgan fingerprint density at radius 1 is 0.712 bits per heavy atom. The Balaban J connectivity index is 1.25. The van der Waals surface area contributed by atoms with Crippen molar-refractivity contribution in [1.29, 1.82) is 0 Å². The molecule has 0 saturated carbocycles. The number of anilines is 1. The van der Waals surface area contributed by atoms with Crippen LogP contribution in [0.5, 0.6) is 0 Å². The predicted molar refractivity (Wildman–Crippen MR) is 204 cm³/mol. The van der Waals surface area contributed by atoms with Crippen molar-refractivity contribution in [1.82, 2.24) is 24.3 Å². The number of hydrogen-bond donors (Lipinski definition) is 1. The van der Waals surface area contributed by atoms with Crippen molar-refractivity contribution in [2.24, 2.45) is 5.73 Å². The highest BCUT2D eigenvalue weighted by atomic mass is 16.5. The lowest BCUT2D eigenvalue weighted by Gasteiger charge is -2.36. The van der Waals surface area contributed by atoms with Crippen molar-refractivity contribution in [3.05, 3.63) is 174 Å². The predicted octanol–water partition coefficient (Wildman–Crippen LogP) is 7.21. The van der Waals surface area contributed by atoms with Crippen molar-refractivity contribution in [2.75, 3.05) is 31.2 Å². The molecule has 52 heavy (non-hydrogen) atoms. The average Bonchev–Trinajstić information content (AvgIpc) is 3.88. The highest BCUT2D eigenvalue weighted by molar-refractivity contribution is 6.06. The number of morpholine rings is 1. The largest absolute Gasteiger partial charge is 0.378 e. The molecule has 1 amide bonds. The summed E-state index contributed by atoms with van der Waals surface area (Å²) < 4.78 is 9.68. The van der Waals surface area contributed by atoms with Gasteiger partial charge in [0.15, 0.2) is 0 Å². The first-order chi connectivity index (χ1) is 25.6. The van der Waals surface area contributed by atoms with Crippen LogP contribution in [0.3, 0.4) is 0 Å². The molecule has 1 aliphatic heterocycles. The van der Waals surface area contributed by atoms with E-state index >= 15 is 0 Å². The molecule has 3 aromatic heterocycles. The third-order valence-corrected chi connectivity index (χ3v) is 10.0. The molecule has 1 saturated heterocycles. The first kappa shape index (κ1) is 31.4. The topological polar surface area (TPSA) is 104 Å². The van der Waals surface area contributed by atoms with E-state index in [-0.39, 0.29) is 0 Å². The second kappa shape index (κ2) is 12.9. The molecule has 254 valence electrons. The van der Waals surface area contributed by atoms with E-state index in [9.17, 15) is 4.79 Å². The van der Waals surface area contributed by atoms with Gasteiger partial charge in [-0.05, 0) is 47.0 Å². The maximum absolute atomic E-state index is 12.7. The third kappa shape index (κ3) is 5.21. The van der Waals surface area contributed by atoms with Crippen LogP contribution in [0.25, 0.3) is 39.0 Å². The van der Waals surface area contributed by atoms with Gasteiger partial charge in [-0.3, -0.25) is 14.0 Å². The van der Waals surface area contributed by atoms with Gasteiger partial charge < -0.3 is 15.4 Å². The molecule has 0 atom stereocenters. The molecular weight excluding hydrogens is 647 g/mol. The Bertz CT molecular complexity index is 2440. The molecule has 0 unspecified atom stereocenters. The zero-order valence-corrected chi connectivity index (χ0v) is 28.3. The van der Waals surface area contributed by atoms with Gasteiger partial charge in [0.1, 0.15) is 23.1 Å². The van der Waals surface area contributed by atoms with Crippen LogP contribution in [-0.2, 0) is 10.3 Å².